The highest BCUT2D eigenvalue weighted by molar-refractivity contribution is 6.08. The van der Waals surface area contributed by atoms with Crippen molar-refractivity contribution in [3.63, 3.8) is 0 Å². The van der Waals surface area contributed by atoms with Gasteiger partial charge in [-0.3, -0.25) is 4.68 Å². The predicted molar refractivity (Wildman–Crippen MR) is 61.3 cm³/mol. The number of phenols is 1. The fourth-order valence-electron chi connectivity index (χ4n) is 1.99. The summed E-state index contributed by atoms with van der Waals surface area (Å²) >= 11 is 0. The van der Waals surface area contributed by atoms with Crippen LogP contribution in [0.15, 0.2) is 42.5 Å². The van der Waals surface area contributed by atoms with Crippen molar-refractivity contribution in [1.82, 2.24) is 4.68 Å². The van der Waals surface area contributed by atoms with E-state index in [1.165, 1.54) is 0 Å². The van der Waals surface area contributed by atoms with E-state index in [4.69, 9.17) is 5.84 Å². The number of nitrogens with two attached hydrogens (primary N) is 1. The first-order valence-electron chi connectivity index (χ1n) is 4.74. The van der Waals surface area contributed by atoms with Gasteiger partial charge >= 0.3 is 0 Å². The Morgan fingerprint density at radius 3 is 2.53 bits per heavy atom. The van der Waals surface area contributed by atoms with Crippen molar-refractivity contribution >= 4 is 21.8 Å². The predicted octanol–water partition coefficient (Wildman–Crippen LogP) is 2.21. The van der Waals surface area contributed by atoms with E-state index in [2.05, 4.69) is 0 Å². The second-order valence-electron chi connectivity index (χ2n) is 3.59. The number of nitrogen functional groups attached to an aromatic ring is 1. The molecule has 0 radical (unpaired) electrons. The van der Waals surface area contributed by atoms with Crippen LogP contribution in [-0.2, 0) is 0 Å². The van der Waals surface area contributed by atoms with Crippen LogP contribution < -0.4 is 5.84 Å². The van der Waals surface area contributed by atoms with Gasteiger partial charge in [0.15, 0.2) is 0 Å². The monoisotopic (exact) mass is 198 g/mol. The number of rotatable bonds is 0. The maximum Gasteiger partial charge on any atom is 0.116 e. The lowest BCUT2D eigenvalue weighted by Gasteiger charge is -1.96. The molecule has 0 unspecified atom stereocenters. The number of hydrogen-bond acceptors (Lipinski definition) is 2. The molecule has 3 rings (SSSR count). The lowest BCUT2D eigenvalue weighted by Crippen LogP contribution is -2.06. The Balaban J connectivity index is 2.64. The van der Waals surface area contributed by atoms with E-state index in [9.17, 15) is 5.11 Å². The molecular weight excluding hydrogens is 188 g/mol. The van der Waals surface area contributed by atoms with E-state index in [0.717, 1.165) is 21.8 Å². The van der Waals surface area contributed by atoms with Crippen molar-refractivity contribution < 1.29 is 5.11 Å². The second kappa shape index (κ2) is 2.67. The summed E-state index contributed by atoms with van der Waals surface area (Å²) in [7, 11) is 0. The molecule has 0 saturated heterocycles. The zero-order valence-corrected chi connectivity index (χ0v) is 8.01. The van der Waals surface area contributed by atoms with E-state index in [-0.39, 0.29) is 5.75 Å². The van der Waals surface area contributed by atoms with Gasteiger partial charge in [0, 0.05) is 10.8 Å². The molecule has 15 heavy (non-hydrogen) atoms. The number of aromatic hydroxyl groups is 1. The number of nitrogens with zero attached hydrogens (tertiary/aromatic N) is 1. The Morgan fingerprint density at radius 2 is 1.67 bits per heavy atom. The molecule has 0 spiro atoms. The summed E-state index contributed by atoms with van der Waals surface area (Å²) in [6.45, 7) is 0. The van der Waals surface area contributed by atoms with Gasteiger partial charge in [0.25, 0.3) is 0 Å². The highest BCUT2D eigenvalue weighted by Gasteiger charge is 2.07. The number of fused-ring (bicyclic) bond motifs is 3. The summed E-state index contributed by atoms with van der Waals surface area (Å²) in [6, 6.07) is 13.1. The van der Waals surface area contributed by atoms with Crippen molar-refractivity contribution in [2.24, 2.45) is 0 Å². The number of hydrogen-bond donors (Lipinski definition) is 2. The number of phenolic OH excluding ortho intramolecular Hbond substituents is 1. The fourth-order valence-corrected chi connectivity index (χ4v) is 1.99. The van der Waals surface area contributed by atoms with Crippen LogP contribution in [0.4, 0.5) is 0 Å². The molecule has 0 bridgehead atoms. The first-order valence-corrected chi connectivity index (χ1v) is 4.74. The lowest BCUT2D eigenvalue weighted by atomic mass is 10.1. The van der Waals surface area contributed by atoms with Crippen LogP contribution in [0, 0.1) is 0 Å². The third kappa shape index (κ3) is 1.00. The third-order valence-corrected chi connectivity index (χ3v) is 2.69. The van der Waals surface area contributed by atoms with Crippen LogP contribution in [0.5, 0.6) is 5.75 Å². The summed E-state index contributed by atoms with van der Waals surface area (Å²) in [5, 5.41) is 11.5. The minimum absolute atomic E-state index is 0.263. The second-order valence-corrected chi connectivity index (χ2v) is 3.59. The molecule has 1 heterocycles. The molecule has 3 aromatic rings. The van der Waals surface area contributed by atoms with E-state index < -0.39 is 0 Å². The van der Waals surface area contributed by atoms with Crippen LogP contribution in [-0.4, -0.2) is 9.78 Å². The zero-order valence-electron chi connectivity index (χ0n) is 8.01. The van der Waals surface area contributed by atoms with Crippen LogP contribution >= 0.6 is 0 Å². The average Bonchev–Trinajstić information content (AvgIpc) is 2.54. The van der Waals surface area contributed by atoms with Gasteiger partial charge in [0.2, 0.25) is 0 Å². The first-order chi connectivity index (χ1) is 7.27. The summed E-state index contributed by atoms with van der Waals surface area (Å²) in [4.78, 5) is 0. The molecule has 0 aliphatic carbocycles. The number of benzene rings is 2. The van der Waals surface area contributed by atoms with Gasteiger partial charge in [-0.15, -0.1) is 0 Å². The van der Waals surface area contributed by atoms with E-state index in [1.54, 1.807) is 16.8 Å². The van der Waals surface area contributed by atoms with Gasteiger partial charge in [0.05, 0.1) is 11.0 Å². The highest BCUT2D eigenvalue weighted by Crippen LogP contribution is 2.29. The van der Waals surface area contributed by atoms with Crippen LogP contribution in [0.25, 0.3) is 21.8 Å². The van der Waals surface area contributed by atoms with Crippen molar-refractivity contribution in [2.75, 3.05) is 5.84 Å². The Kier molecular flexibility index (Phi) is 1.45. The number of aromatic nitrogens is 1. The smallest absolute Gasteiger partial charge is 0.116 e. The van der Waals surface area contributed by atoms with Crippen molar-refractivity contribution in [3.8, 4) is 5.75 Å². The van der Waals surface area contributed by atoms with Gasteiger partial charge in [0.1, 0.15) is 5.75 Å². The van der Waals surface area contributed by atoms with Crippen LogP contribution in [0.3, 0.4) is 0 Å². The quantitative estimate of drug-likeness (QED) is 0.544. The van der Waals surface area contributed by atoms with Crippen molar-refractivity contribution in [2.45, 2.75) is 0 Å². The Hall–Kier alpha value is -2.16. The highest BCUT2D eigenvalue weighted by atomic mass is 16.3. The largest absolute Gasteiger partial charge is 0.508 e. The molecule has 2 aromatic carbocycles. The Labute approximate surface area is 86.3 Å². The van der Waals surface area contributed by atoms with Gasteiger partial charge < -0.3 is 10.9 Å². The molecule has 0 aliphatic heterocycles. The maximum atomic E-state index is 9.45. The van der Waals surface area contributed by atoms with E-state index in [1.807, 2.05) is 30.3 Å². The van der Waals surface area contributed by atoms with Gasteiger partial charge in [-0.25, -0.2) is 0 Å². The summed E-state index contributed by atoms with van der Waals surface area (Å²) < 4.78 is 1.64. The normalized spacial score (nSPS) is 11.2. The van der Waals surface area contributed by atoms with Gasteiger partial charge in [-0.05, 0) is 24.3 Å². The summed E-state index contributed by atoms with van der Waals surface area (Å²) in [5.74, 6) is 6.22. The SMILES string of the molecule is Nn1c2ccccc2c2cc(O)ccc21. The molecule has 0 aliphatic rings. The molecule has 3 N–H and O–H groups in total. The molecule has 1 aromatic heterocycles. The Morgan fingerprint density at radius 1 is 0.933 bits per heavy atom. The molecular formula is C12H10N2O. The molecule has 3 nitrogen and oxygen atoms in total. The van der Waals surface area contributed by atoms with Gasteiger partial charge in [-0.2, -0.15) is 0 Å². The minimum Gasteiger partial charge on any atom is -0.508 e. The molecule has 0 amide bonds. The summed E-state index contributed by atoms with van der Waals surface area (Å²) in [5.41, 5.74) is 1.90. The average molecular weight is 198 g/mol. The molecule has 3 heteroatoms. The number of para-hydroxylation sites is 1. The fraction of sp³-hybridized carbons (Fsp3) is 0. The maximum absolute atomic E-state index is 9.45. The molecule has 0 atom stereocenters. The third-order valence-electron chi connectivity index (χ3n) is 2.69. The van der Waals surface area contributed by atoms with Crippen molar-refractivity contribution in [1.29, 1.82) is 0 Å². The topological polar surface area (TPSA) is 51.2 Å². The van der Waals surface area contributed by atoms with Gasteiger partial charge in [-0.1, -0.05) is 18.2 Å². The molecule has 0 fully saturated rings. The zero-order chi connectivity index (χ0) is 10.4. The summed E-state index contributed by atoms with van der Waals surface area (Å²) in [6.07, 6.45) is 0. The molecule has 0 saturated carbocycles. The van der Waals surface area contributed by atoms with Crippen molar-refractivity contribution in [3.05, 3.63) is 42.5 Å². The molecule has 74 valence electrons. The minimum atomic E-state index is 0.263. The lowest BCUT2D eigenvalue weighted by molar-refractivity contribution is 0.476. The Bertz CT molecular complexity index is 655. The first kappa shape index (κ1) is 8.17. The van der Waals surface area contributed by atoms with Crippen LogP contribution in [0.1, 0.15) is 0 Å². The van der Waals surface area contributed by atoms with E-state index >= 15 is 0 Å². The van der Waals surface area contributed by atoms with Crippen LogP contribution in [0.2, 0.25) is 0 Å². The van der Waals surface area contributed by atoms with E-state index in [0.29, 0.717) is 0 Å². The standard InChI is InChI=1S/C12H10N2O/c13-14-11-4-2-1-3-9(11)10-7-8(15)5-6-12(10)14/h1-7,15H,13H2.